The van der Waals surface area contributed by atoms with E-state index in [0.717, 1.165) is 0 Å². The van der Waals surface area contributed by atoms with Crippen LogP contribution in [0.2, 0.25) is 0 Å². The van der Waals surface area contributed by atoms with Gasteiger partial charge in [0, 0.05) is 11.6 Å². The second-order valence-corrected chi connectivity index (χ2v) is 4.78. The average Bonchev–Trinajstić information content (AvgIpc) is 2.27. The predicted octanol–water partition coefficient (Wildman–Crippen LogP) is -2.45. The Bertz CT molecular complexity index is 758. The Hall–Kier alpha value is -1.19. The number of phenols is 1. The summed E-state index contributed by atoms with van der Waals surface area (Å²) in [5, 5.41) is 18.4. The number of aromatic nitrogens is 1. The molecule has 0 saturated heterocycles. The molecular weight excluding hydrogens is 285 g/mol. The number of rotatable bonds is 2. The number of pyridine rings is 1. The molecule has 9 heteroatoms. The van der Waals surface area contributed by atoms with Crippen LogP contribution < -0.4 is 29.6 Å². The van der Waals surface area contributed by atoms with Gasteiger partial charge in [0.25, 0.3) is 0 Å². The van der Waals surface area contributed by atoms with Crippen molar-refractivity contribution in [3.8, 4) is 5.75 Å². The third-order valence-electron chi connectivity index (χ3n) is 2.33. The Morgan fingerprint density at radius 2 is 2.00 bits per heavy atom. The van der Waals surface area contributed by atoms with Crippen LogP contribution in [0.25, 0.3) is 10.9 Å². The van der Waals surface area contributed by atoms with Gasteiger partial charge in [-0.05, 0) is 18.2 Å². The van der Waals surface area contributed by atoms with E-state index >= 15 is 0 Å². The van der Waals surface area contributed by atoms with Crippen molar-refractivity contribution >= 4 is 27.0 Å². The molecule has 0 radical (unpaired) electrons. The number of carbonyl (C=O) groups is 1. The molecule has 1 aromatic carbocycles. The molecule has 2 rings (SSSR count). The molecule has 0 aliphatic heterocycles. The molecule has 0 bridgehead atoms. The number of nitrogens with zero attached hydrogens (tertiary/aromatic N) is 1. The van der Waals surface area contributed by atoms with Crippen LogP contribution in [0.1, 0.15) is 10.4 Å². The summed E-state index contributed by atoms with van der Waals surface area (Å²) in [5.74, 6) is -2.23. The second kappa shape index (κ2) is 5.43. The van der Waals surface area contributed by atoms with E-state index in [1.807, 2.05) is 0 Å². The summed E-state index contributed by atoms with van der Waals surface area (Å²) in [7, 11) is -4.87. The normalized spacial score (nSPS) is 11.0. The van der Waals surface area contributed by atoms with E-state index in [0.29, 0.717) is 6.07 Å². The van der Waals surface area contributed by atoms with E-state index in [1.54, 1.807) is 0 Å². The molecule has 1 aromatic heterocycles. The Kier molecular flexibility index (Phi) is 4.54. The summed E-state index contributed by atoms with van der Waals surface area (Å²) in [4.78, 5) is 13.8. The van der Waals surface area contributed by atoms with Gasteiger partial charge in [-0.2, -0.15) is 0 Å². The van der Waals surface area contributed by atoms with Crippen molar-refractivity contribution in [2.45, 2.75) is 4.90 Å². The van der Waals surface area contributed by atoms with Gasteiger partial charge < -0.3 is 14.8 Å². The van der Waals surface area contributed by atoms with Gasteiger partial charge in [-0.15, -0.1) is 0 Å². The number of fused-ring (bicyclic) bond motifs is 1. The molecule has 0 fully saturated rings. The molecule has 0 aliphatic carbocycles. The van der Waals surface area contributed by atoms with Crippen molar-refractivity contribution in [3.63, 3.8) is 0 Å². The molecule has 0 atom stereocenters. The van der Waals surface area contributed by atoms with E-state index in [2.05, 4.69) is 4.98 Å². The van der Waals surface area contributed by atoms with Gasteiger partial charge in [0.15, 0.2) is 5.75 Å². The fourth-order valence-corrected chi connectivity index (χ4v) is 2.26. The van der Waals surface area contributed by atoms with E-state index in [4.69, 9.17) is 5.11 Å². The molecule has 0 unspecified atom stereocenters. The maximum Gasteiger partial charge on any atom is 1.00 e. The maximum absolute atomic E-state index is 11.1. The number of benzene rings is 1. The van der Waals surface area contributed by atoms with E-state index < -0.39 is 32.3 Å². The zero-order valence-corrected chi connectivity index (χ0v) is 12.5. The monoisotopic (exact) mass is 291 g/mol. The van der Waals surface area contributed by atoms with Crippen molar-refractivity contribution in [3.05, 3.63) is 30.0 Å². The number of aromatic hydroxyl groups is 1. The van der Waals surface area contributed by atoms with Crippen LogP contribution in [0.5, 0.6) is 5.75 Å². The molecule has 19 heavy (non-hydrogen) atoms. The number of hydrogen-bond acceptors (Lipinski definition) is 6. The smallest absolute Gasteiger partial charge is 0.744 e. The molecule has 0 amide bonds. The van der Waals surface area contributed by atoms with Gasteiger partial charge in [0.2, 0.25) is 0 Å². The minimum absolute atomic E-state index is 0. The Morgan fingerprint density at radius 1 is 1.37 bits per heavy atom. The van der Waals surface area contributed by atoms with Crippen molar-refractivity contribution < 1.29 is 57.5 Å². The second-order valence-electron chi connectivity index (χ2n) is 3.43. The number of aromatic carboxylic acids is 1. The summed E-state index contributed by atoms with van der Waals surface area (Å²) in [5.41, 5.74) is -0.928. The van der Waals surface area contributed by atoms with Crippen LogP contribution in [0.3, 0.4) is 0 Å². The van der Waals surface area contributed by atoms with Gasteiger partial charge >= 0.3 is 35.5 Å². The first-order chi connectivity index (χ1) is 8.32. The summed E-state index contributed by atoms with van der Waals surface area (Å²) in [6.07, 6.45) is 1.24. The number of hydrogen-bond donors (Lipinski definition) is 2. The molecule has 0 aliphatic rings. The van der Waals surface area contributed by atoms with Crippen LogP contribution >= 0.6 is 0 Å². The van der Waals surface area contributed by atoms with Crippen LogP contribution in [0.15, 0.2) is 29.3 Å². The summed E-state index contributed by atoms with van der Waals surface area (Å²) < 4.78 is 33.2. The number of carboxylic acid groups (broad SMARTS) is 1. The number of carboxylic acids is 1. The van der Waals surface area contributed by atoms with Crippen LogP contribution in [-0.2, 0) is 10.1 Å². The third-order valence-corrected chi connectivity index (χ3v) is 3.20. The van der Waals surface area contributed by atoms with Gasteiger partial charge in [-0.3, -0.25) is 4.98 Å². The molecule has 94 valence electrons. The Balaban J connectivity index is 0.00000180. The van der Waals surface area contributed by atoms with E-state index in [-0.39, 0.29) is 40.5 Å². The molecule has 1 heterocycles. The minimum Gasteiger partial charge on any atom is -0.744 e. The molecule has 0 saturated carbocycles. The van der Waals surface area contributed by atoms with Crippen molar-refractivity contribution in [2.24, 2.45) is 0 Å². The van der Waals surface area contributed by atoms with Gasteiger partial charge in [0.1, 0.15) is 21.2 Å². The van der Waals surface area contributed by atoms with Crippen LogP contribution in [0, 0.1) is 0 Å². The third kappa shape index (κ3) is 2.88. The standard InChI is InChI=1S/C10H7NO6S.Na/c12-9-6(10(13)14)4-7(18(15,16)17)5-2-1-3-11-8(5)9;/h1-4,12H,(H,13,14)(H,15,16,17);/q;+1/p-1. The summed E-state index contributed by atoms with van der Waals surface area (Å²) in [6.45, 7) is 0. The average molecular weight is 291 g/mol. The molecule has 7 nitrogen and oxygen atoms in total. The SMILES string of the molecule is O=C(O)c1cc(S(=O)(=O)[O-])c2cccnc2c1O.[Na+]. The van der Waals surface area contributed by atoms with Gasteiger partial charge in [0.05, 0.1) is 4.90 Å². The van der Waals surface area contributed by atoms with Crippen LogP contribution in [-0.4, -0.2) is 34.1 Å². The summed E-state index contributed by atoms with van der Waals surface area (Å²) in [6, 6.07) is 3.26. The van der Waals surface area contributed by atoms with Crippen LogP contribution in [0.4, 0.5) is 0 Å². The molecule has 2 N–H and O–H groups in total. The quantitative estimate of drug-likeness (QED) is 0.464. The maximum atomic E-state index is 11.1. The first-order valence-corrected chi connectivity index (χ1v) is 6.03. The fraction of sp³-hybridized carbons (Fsp3) is 0. The van der Waals surface area contributed by atoms with Crippen molar-refractivity contribution in [1.29, 1.82) is 0 Å². The first-order valence-electron chi connectivity index (χ1n) is 4.62. The molecular formula is C10H6NNaO6S. The molecule has 2 aromatic rings. The fourth-order valence-electron chi connectivity index (χ4n) is 1.57. The topological polar surface area (TPSA) is 128 Å². The van der Waals surface area contributed by atoms with E-state index in [9.17, 15) is 22.9 Å². The summed E-state index contributed by atoms with van der Waals surface area (Å²) >= 11 is 0. The largest absolute Gasteiger partial charge is 1.00 e. The Morgan fingerprint density at radius 3 is 2.53 bits per heavy atom. The predicted molar refractivity (Wildman–Crippen MR) is 58.3 cm³/mol. The Labute approximate surface area is 129 Å². The van der Waals surface area contributed by atoms with Gasteiger partial charge in [-0.25, -0.2) is 13.2 Å². The zero-order chi connectivity index (χ0) is 13.5. The van der Waals surface area contributed by atoms with E-state index in [1.165, 1.54) is 18.3 Å². The minimum atomic E-state index is -4.87. The van der Waals surface area contributed by atoms with Crippen molar-refractivity contribution in [1.82, 2.24) is 4.98 Å². The van der Waals surface area contributed by atoms with Gasteiger partial charge in [-0.1, -0.05) is 0 Å². The zero-order valence-electron chi connectivity index (χ0n) is 9.69. The molecule has 0 spiro atoms. The first kappa shape index (κ1) is 15.9. The van der Waals surface area contributed by atoms with Crippen molar-refractivity contribution in [2.75, 3.05) is 0 Å².